The average molecular weight is 310 g/mol. The molecule has 3 N–H and O–H groups in total. The Morgan fingerprint density at radius 1 is 1.43 bits per heavy atom. The first-order valence-electron chi connectivity index (χ1n) is 7.74. The van der Waals surface area contributed by atoms with Crippen LogP contribution >= 0.6 is 0 Å². The van der Waals surface area contributed by atoms with Gasteiger partial charge in [-0.1, -0.05) is 6.42 Å². The van der Waals surface area contributed by atoms with E-state index >= 15 is 0 Å². The SMILES string of the molecule is Cn1nc(C2CC2)cc1S(=O)(=O)NC1CC(N)C12CCC2. The van der Waals surface area contributed by atoms with Gasteiger partial charge >= 0.3 is 0 Å². The van der Waals surface area contributed by atoms with E-state index < -0.39 is 10.0 Å². The highest BCUT2D eigenvalue weighted by Gasteiger charge is 2.57. The highest BCUT2D eigenvalue weighted by molar-refractivity contribution is 7.89. The van der Waals surface area contributed by atoms with Crippen molar-refractivity contribution in [3.8, 4) is 0 Å². The molecule has 21 heavy (non-hydrogen) atoms. The first kappa shape index (κ1) is 13.7. The van der Waals surface area contributed by atoms with Crippen molar-refractivity contribution in [2.45, 2.75) is 61.6 Å². The van der Waals surface area contributed by atoms with E-state index in [9.17, 15) is 8.42 Å². The first-order valence-corrected chi connectivity index (χ1v) is 9.22. The van der Waals surface area contributed by atoms with E-state index in [1.165, 1.54) is 4.68 Å². The highest BCUT2D eigenvalue weighted by atomic mass is 32.2. The molecular weight excluding hydrogens is 288 g/mol. The van der Waals surface area contributed by atoms with Crippen molar-refractivity contribution in [3.05, 3.63) is 11.8 Å². The second-order valence-electron chi connectivity index (χ2n) is 6.91. The van der Waals surface area contributed by atoms with Crippen LogP contribution in [0.3, 0.4) is 0 Å². The predicted molar refractivity (Wildman–Crippen MR) is 78.2 cm³/mol. The summed E-state index contributed by atoms with van der Waals surface area (Å²) in [6, 6.07) is 1.87. The minimum absolute atomic E-state index is 0.00877. The maximum atomic E-state index is 12.6. The summed E-state index contributed by atoms with van der Waals surface area (Å²) in [6.07, 6.45) is 6.21. The van der Waals surface area contributed by atoms with E-state index in [1.807, 2.05) is 0 Å². The minimum atomic E-state index is -3.51. The molecule has 6 nitrogen and oxygen atoms in total. The summed E-state index contributed by atoms with van der Waals surface area (Å²) >= 11 is 0. The molecule has 1 spiro atoms. The Morgan fingerprint density at radius 3 is 2.67 bits per heavy atom. The molecule has 2 unspecified atom stereocenters. The molecule has 2 atom stereocenters. The highest BCUT2D eigenvalue weighted by Crippen LogP contribution is 2.55. The predicted octanol–water partition coefficient (Wildman–Crippen LogP) is 0.846. The molecule has 0 aromatic carbocycles. The lowest BCUT2D eigenvalue weighted by Crippen LogP contribution is -2.69. The van der Waals surface area contributed by atoms with Crippen LogP contribution in [-0.2, 0) is 17.1 Å². The van der Waals surface area contributed by atoms with E-state index in [2.05, 4.69) is 9.82 Å². The summed E-state index contributed by atoms with van der Waals surface area (Å²) < 4.78 is 29.6. The third kappa shape index (κ3) is 1.98. The number of aromatic nitrogens is 2. The summed E-state index contributed by atoms with van der Waals surface area (Å²) in [5.74, 6) is 0.454. The van der Waals surface area contributed by atoms with E-state index in [1.54, 1.807) is 13.1 Å². The molecule has 7 heteroatoms. The molecule has 3 aliphatic carbocycles. The Labute approximate surface area is 125 Å². The van der Waals surface area contributed by atoms with Gasteiger partial charge in [0.1, 0.15) is 0 Å². The van der Waals surface area contributed by atoms with Gasteiger partial charge in [0.05, 0.1) is 5.69 Å². The molecule has 0 amide bonds. The zero-order valence-electron chi connectivity index (χ0n) is 12.2. The van der Waals surface area contributed by atoms with E-state index in [4.69, 9.17) is 5.73 Å². The summed E-state index contributed by atoms with van der Waals surface area (Å²) in [4.78, 5) is 0. The normalized spacial score (nSPS) is 31.0. The fourth-order valence-corrected chi connectivity index (χ4v) is 5.33. The van der Waals surface area contributed by atoms with Crippen molar-refractivity contribution in [2.75, 3.05) is 0 Å². The molecule has 0 saturated heterocycles. The smallest absolute Gasteiger partial charge is 0.257 e. The molecule has 0 bridgehead atoms. The van der Waals surface area contributed by atoms with Crippen molar-refractivity contribution in [1.29, 1.82) is 0 Å². The summed E-state index contributed by atoms with van der Waals surface area (Å²) in [5, 5.41) is 4.63. The lowest BCUT2D eigenvalue weighted by atomic mass is 9.50. The van der Waals surface area contributed by atoms with Gasteiger partial charge in [-0.3, -0.25) is 4.68 Å². The number of nitrogens with zero attached hydrogens (tertiary/aromatic N) is 2. The first-order chi connectivity index (χ1) is 9.92. The molecule has 1 aromatic heterocycles. The third-order valence-corrected chi connectivity index (χ3v) is 7.16. The zero-order valence-corrected chi connectivity index (χ0v) is 13.1. The molecule has 3 aliphatic rings. The fraction of sp³-hybridized carbons (Fsp3) is 0.786. The van der Waals surface area contributed by atoms with Crippen LogP contribution in [0.15, 0.2) is 11.1 Å². The van der Waals surface area contributed by atoms with Gasteiger partial charge in [-0.05, 0) is 32.1 Å². The Balaban J connectivity index is 1.56. The van der Waals surface area contributed by atoms with Gasteiger partial charge in [-0.15, -0.1) is 0 Å². The molecule has 1 heterocycles. The standard InChI is InChI=1S/C14H22N4O2S/c1-18-13(7-10(16-18)9-3-4-9)21(19,20)17-12-8-11(15)14(12)5-2-6-14/h7,9,11-12,17H,2-6,8,15H2,1H3. The number of rotatable bonds is 4. The summed E-state index contributed by atoms with van der Waals surface area (Å²) in [5.41, 5.74) is 7.02. The Hall–Kier alpha value is -0.920. The fourth-order valence-electron chi connectivity index (χ4n) is 3.84. The van der Waals surface area contributed by atoms with E-state index in [0.29, 0.717) is 5.92 Å². The number of hydrogen-bond donors (Lipinski definition) is 2. The molecule has 3 saturated carbocycles. The van der Waals surface area contributed by atoms with Gasteiger partial charge in [0, 0.05) is 36.5 Å². The Morgan fingerprint density at radius 2 is 2.14 bits per heavy atom. The topological polar surface area (TPSA) is 90.0 Å². The second kappa shape index (κ2) is 4.30. The van der Waals surface area contributed by atoms with Gasteiger partial charge in [-0.25, -0.2) is 13.1 Å². The number of sulfonamides is 1. The van der Waals surface area contributed by atoms with Gasteiger partial charge in [0.15, 0.2) is 5.03 Å². The van der Waals surface area contributed by atoms with Crippen LogP contribution in [0.4, 0.5) is 0 Å². The quantitative estimate of drug-likeness (QED) is 0.862. The van der Waals surface area contributed by atoms with Gasteiger partial charge in [-0.2, -0.15) is 5.10 Å². The number of aryl methyl sites for hydroxylation is 1. The van der Waals surface area contributed by atoms with Crippen LogP contribution in [0.5, 0.6) is 0 Å². The minimum Gasteiger partial charge on any atom is -0.327 e. The maximum Gasteiger partial charge on any atom is 0.257 e. The average Bonchev–Trinajstić information content (AvgIpc) is 3.09. The molecule has 116 valence electrons. The van der Waals surface area contributed by atoms with Gasteiger partial charge in [0.2, 0.25) is 0 Å². The molecule has 3 fully saturated rings. The zero-order chi connectivity index (χ0) is 14.8. The Bertz CT molecular complexity index is 673. The number of hydrogen-bond acceptors (Lipinski definition) is 4. The van der Waals surface area contributed by atoms with Crippen LogP contribution in [0.2, 0.25) is 0 Å². The molecule has 1 aromatic rings. The maximum absolute atomic E-state index is 12.6. The van der Waals surface area contributed by atoms with Crippen molar-refractivity contribution < 1.29 is 8.42 Å². The van der Waals surface area contributed by atoms with Crippen LogP contribution < -0.4 is 10.5 Å². The molecular formula is C14H22N4O2S. The van der Waals surface area contributed by atoms with Crippen LogP contribution in [0, 0.1) is 5.41 Å². The lowest BCUT2D eigenvalue weighted by Gasteiger charge is -2.60. The summed E-state index contributed by atoms with van der Waals surface area (Å²) in [7, 11) is -1.81. The lowest BCUT2D eigenvalue weighted by molar-refractivity contribution is -0.0322. The number of nitrogens with one attached hydrogen (secondary N) is 1. The largest absolute Gasteiger partial charge is 0.327 e. The molecule has 0 aliphatic heterocycles. The van der Waals surface area contributed by atoms with Crippen molar-refractivity contribution in [3.63, 3.8) is 0 Å². The van der Waals surface area contributed by atoms with E-state index in [0.717, 1.165) is 44.2 Å². The van der Waals surface area contributed by atoms with E-state index in [-0.39, 0.29) is 22.5 Å². The van der Waals surface area contributed by atoms with Gasteiger partial charge < -0.3 is 5.73 Å². The molecule has 4 rings (SSSR count). The van der Waals surface area contributed by atoms with Crippen molar-refractivity contribution in [1.82, 2.24) is 14.5 Å². The third-order valence-electron chi connectivity index (χ3n) is 5.63. The van der Waals surface area contributed by atoms with Gasteiger partial charge in [0.25, 0.3) is 10.0 Å². The van der Waals surface area contributed by atoms with Crippen LogP contribution in [-0.4, -0.2) is 30.3 Å². The molecule has 0 radical (unpaired) electrons. The van der Waals surface area contributed by atoms with Crippen LogP contribution in [0.25, 0.3) is 0 Å². The van der Waals surface area contributed by atoms with Crippen molar-refractivity contribution >= 4 is 10.0 Å². The Kier molecular flexibility index (Phi) is 2.81. The number of nitrogens with two attached hydrogens (primary N) is 1. The second-order valence-corrected chi connectivity index (χ2v) is 8.57. The monoisotopic (exact) mass is 310 g/mol. The van der Waals surface area contributed by atoms with Crippen molar-refractivity contribution in [2.24, 2.45) is 18.2 Å². The summed E-state index contributed by atoms with van der Waals surface area (Å²) in [6.45, 7) is 0. The van der Waals surface area contributed by atoms with Crippen LogP contribution in [0.1, 0.15) is 50.1 Å².